The number of H-pyrrole nitrogens is 1. The smallest absolute Gasteiger partial charge is 0.220 e. The topological polar surface area (TPSA) is 79.5 Å². The summed E-state index contributed by atoms with van der Waals surface area (Å²) >= 11 is 6.54. The van der Waals surface area contributed by atoms with Crippen LogP contribution in [0.5, 0.6) is 5.75 Å². The van der Waals surface area contributed by atoms with Crippen LogP contribution in [0.1, 0.15) is 29.2 Å². The Morgan fingerprint density at radius 3 is 2.84 bits per heavy atom. The zero-order valence-electron chi connectivity index (χ0n) is 18.5. The number of aryl methyl sites for hydroxylation is 1. The molecule has 2 aromatic heterocycles. The van der Waals surface area contributed by atoms with Gasteiger partial charge >= 0.3 is 0 Å². The molecule has 1 saturated heterocycles. The van der Waals surface area contributed by atoms with E-state index in [4.69, 9.17) is 21.1 Å². The minimum Gasteiger partial charge on any atom is -0.497 e. The molecule has 170 valence electrons. The van der Waals surface area contributed by atoms with Crippen molar-refractivity contribution >= 4 is 28.4 Å². The first-order valence-corrected chi connectivity index (χ1v) is 11.3. The number of halogens is 1. The Labute approximate surface area is 193 Å². The average Bonchev–Trinajstić information content (AvgIpc) is 3.21. The second-order valence-corrected chi connectivity index (χ2v) is 8.41. The number of fused-ring (bicyclic) bond motifs is 1. The van der Waals surface area contributed by atoms with Gasteiger partial charge in [0.1, 0.15) is 10.9 Å². The van der Waals surface area contributed by atoms with Crippen molar-refractivity contribution in [3.05, 3.63) is 58.5 Å². The van der Waals surface area contributed by atoms with Gasteiger partial charge in [-0.15, -0.1) is 0 Å². The summed E-state index contributed by atoms with van der Waals surface area (Å²) in [6.07, 6.45) is 2.23. The van der Waals surface area contributed by atoms with E-state index in [9.17, 15) is 4.79 Å². The highest BCUT2D eigenvalue weighted by atomic mass is 35.5. The second-order valence-electron chi connectivity index (χ2n) is 8.05. The molecular weight excluding hydrogens is 428 g/mol. The summed E-state index contributed by atoms with van der Waals surface area (Å²) in [6.45, 7) is 6.63. The average molecular weight is 457 g/mol. The van der Waals surface area contributed by atoms with Crippen molar-refractivity contribution in [2.75, 3.05) is 46.5 Å². The van der Waals surface area contributed by atoms with Gasteiger partial charge in [0.2, 0.25) is 5.91 Å². The zero-order valence-corrected chi connectivity index (χ0v) is 19.2. The number of aromatic amines is 1. The van der Waals surface area contributed by atoms with Crippen LogP contribution in [-0.2, 0) is 9.53 Å². The lowest BCUT2D eigenvalue weighted by atomic mass is 9.88. The van der Waals surface area contributed by atoms with Crippen LogP contribution < -0.4 is 10.1 Å². The molecule has 4 rings (SSSR count). The third-order valence-corrected chi connectivity index (χ3v) is 6.23. The first-order valence-electron chi connectivity index (χ1n) is 10.9. The largest absolute Gasteiger partial charge is 0.497 e. The number of nitrogens with one attached hydrogen (secondary N) is 2. The number of amides is 1. The van der Waals surface area contributed by atoms with Crippen molar-refractivity contribution in [3.63, 3.8) is 0 Å². The number of rotatable bonds is 8. The summed E-state index contributed by atoms with van der Waals surface area (Å²) in [5.74, 6) is 0.511. The normalized spacial score (nSPS) is 15.6. The number of ether oxygens (including phenoxy) is 2. The van der Waals surface area contributed by atoms with Crippen LogP contribution in [0.25, 0.3) is 10.9 Å². The summed E-state index contributed by atoms with van der Waals surface area (Å²) < 4.78 is 10.8. The molecule has 0 aliphatic carbocycles. The fraction of sp³-hybridized carbons (Fsp3) is 0.417. The van der Waals surface area contributed by atoms with E-state index in [0.29, 0.717) is 11.7 Å². The number of nitrogens with zero attached hydrogens (tertiary/aromatic N) is 2. The van der Waals surface area contributed by atoms with Gasteiger partial charge in [-0.05, 0) is 42.3 Å². The van der Waals surface area contributed by atoms with Gasteiger partial charge in [0.25, 0.3) is 0 Å². The van der Waals surface area contributed by atoms with Crippen molar-refractivity contribution in [1.82, 2.24) is 20.2 Å². The fourth-order valence-corrected chi connectivity index (χ4v) is 4.48. The predicted octanol–water partition coefficient (Wildman–Crippen LogP) is 3.50. The van der Waals surface area contributed by atoms with Gasteiger partial charge in [-0.1, -0.05) is 17.7 Å². The second kappa shape index (κ2) is 10.3. The molecule has 1 aliphatic heterocycles. The maximum atomic E-state index is 12.9. The zero-order chi connectivity index (χ0) is 22.5. The van der Waals surface area contributed by atoms with Crippen LogP contribution in [0.4, 0.5) is 0 Å². The van der Waals surface area contributed by atoms with E-state index in [2.05, 4.69) is 20.2 Å². The van der Waals surface area contributed by atoms with Gasteiger partial charge in [-0.2, -0.15) is 0 Å². The third-order valence-electron chi connectivity index (χ3n) is 5.93. The molecule has 1 aromatic carbocycles. The highest BCUT2D eigenvalue weighted by Crippen LogP contribution is 2.37. The Kier molecular flexibility index (Phi) is 7.29. The quantitative estimate of drug-likeness (QED) is 0.507. The summed E-state index contributed by atoms with van der Waals surface area (Å²) in [7, 11) is 1.65. The molecule has 3 heterocycles. The number of carbonyl (C=O) groups excluding carboxylic acids is 1. The van der Waals surface area contributed by atoms with Gasteiger partial charge in [0.05, 0.1) is 20.3 Å². The number of methoxy groups -OCH3 is 1. The lowest BCUT2D eigenvalue weighted by Crippen LogP contribution is -2.41. The Hall–Kier alpha value is -2.61. The molecule has 1 atom stereocenters. The minimum absolute atomic E-state index is 0.0165. The lowest BCUT2D eigenvalue weighted by Gasteiger charge is -2.26. The van der Waals surface area contributed by atoms with Gasteiger partial charge in [0, 0.05) is 61.3 Å². The molecule has 1 fully saturated rings. The number of hydrogen-bond acceptors (Lipinski definition) is 5. The highest BCUT2D eigenvalue weighted by Gasteiger charge is 2.24. The molecule has 0 bridgehead atoms. The summed E-state index contributed by atoms with van der Waals surface area (Å²) in [6, 6.07) is 9.78. The molecule has 0 spiro atoms. The van der Waals surface area contributed by atoms with Crippen molar-refractivity contribution in [3.8, 4) is 5.75 Å². The SMILES string of the molecule is COc1ccc2[nH]cc([C@@H](CC(=O)NCCN3CCOCC3)c3ccc(C)nc3Cl)c2c1. The number of hydrogen-bond donors (Lipinski definition) is 2. The molecule has 3 aromatic rings. The number of morpholine rings is 1. The van der Waals surface area contributed by atoms with E-state index in [1.54, 1.807) is 7.11 Å². The third kappa shape index (κ3) is 5.23. The maximum Gasteiger partial charge on any atom is 0.220 e. The molecule has 32 heavy (non-hydrogen) atoms. The molecule has 8 heteroatoms. The van der Waals surface area contributed by atoms with Gasteiger partial charge < -0.3 is 19.8 Å². The van der Waals surface area contributed by atoms with Gasteiger partial charge in [-0.25, -0.2) is 4.98 Å². The van der Waals surface area contributed by atoms with Crippen LogP contribution in [0.3, 0.4) is 0 Å². The van der Waals surface area contributed by atoms with Crippen LogP contribution in [0, 0.1) is 6.92 Å². The van der Waals surface area contributed by atoms with Crippen LogP contribution >= 0.6 is 11.6 Å². The molecule has 7 nitrogen and oxygen atoms in total. The van der Waals surface area contributed by atoms with E-state index in [1.807, 2.05) is 43.5 Å². The molecule has 0 radical (unpaired) electrons. The lowest BCUT2D eigenvalue weighted by molar-refractivity contribution is -0.121. The summed E-state index contributed by atoms with van der Waals surface area (Å²) in [5.41, 5.74) is 3.65. The molecular formula is C24H29ClN4O3. The summed E-state index contributed by atoms with van der Waals surface area (Å²) in [5, 5.41) is 4.50. The van der Waals surface area contributed by atoms with Crippen molar-refractivity contribution in [2.45, 2.75) is 19.3 Å². The van der Waals surface area contributed by atoms with Crippen molar-refractivity contribution < 1.29 is 14.3 Å². The Morgan fingerprint density at radius 2 is 2.09 bits per heavy atom. The molecule has 1 amide bonds. The number of carbonyl (C=O) groups is 1. The molecule has 1 aliphatic rings. The molecule has 0 saturated carbocycles. The minimum atomic E-state index is -0.236. The molecule has 0 unspecified atom stereocenters. The van der Waals surface area contributed by atoms with Crippen molar-refractivity contribution in [2.24, 2.45) is 0 Å². The van der Waals surface area contributed by atoms with Gasteiger partial charge in [0.15, 0.2) is 0 Å². The highest BCUT2D eigenvalue weighted by molar-refractivity contribution is 6.30. The first-order chi connectivity index (χ1) is 15.5. The Balaban J connectivity index is 1.56. The fourth-order valence-electron chi connectivity index (χ4n) is 4.16. The Bertz CT molecular complexity index is 1080. The van der Waals surface area contributed by atoms with Crippen LogP contribution in [0.15, 0.2) is 36.5 Å². The standard InChI is InChI=1S/C24H29ClN4O3/c1-16-3-5-18(24(25)28-16)19(14-23(30)26-7-8-29-9-11-32-12-10-29)21-15-27-22-6-4-17(31-2)13-20(21)22/h3-6,13,15,19,27H,7-12,14H2,1-2H3,(H,26,30)/t19-/m0/s1. The number of benzene rings is 1. The van der Waals surface area contributed by atoms with Crippen LogP contribution in [0.2, 0.25) is 5.15 Å². The van der Waals surface area contributed by atoms with E-state index in [-0.39, 0.29) is 18.2 Å². The van der Waals surface area contributed by atoms with E-state index < -0.39 is 0 Å². The predicted molar refractivity (Wildman–Crippen MR) is 126 cm³/mol. The number of aromatic nitrogens is 2. The van der Waals surface area contributed by atoms with E-state index in [1.165, 1.54) is 0 Å². The first kappa shape index (κ1) is 22.6. The maximum absolute atomic E-state index is 12.9. The van der Waals surface area contributed by atoms with E-state index in [0.717, 1.165) is 66.3 Å². The van der Waals surface area contributed by atoms with E-state index >= 15 is 0 Å². The van der Waals surface area contributed by atoms with Gasteiger partial charge in [-0.3, -0.25) is 9.69 Å². The Morgan fingerprint density at radius 1 is 1.28 bits per heavy atom. The monoisotopic (exact) mass is 456 g/mol. The summed E-state index contributed by atoms with van der Waals surface area (Å²) in [4.78, 5) is 23.0. The van der Waals surface area contributed by atoms with Crippen LogP contribution in [-0.4, -0.2) is 67.3 Å². The van der Waals surface area contributed by atoms with Crippen molar-refractivity contribution in [1.29, 1.82) is 0 Å². The molecule has 2 N–H and O–H groups in total. The number of pyridine rings is 1.